The van der Waals surface area contributed by atoms with E-state index in [2.05, 4.69) is 10.6 Å². The van der Waals surface area contributed by atoms with Crippen LogP contribution in [0.2, 0.25) is 0 Å². The summed E-state index contributed by atoms with van der Waals surface area (Å²) in [5.41, 5.74) is 2.41. The van der Waals surface area contributed by atoms with E-state index in [1.807, 2.05) is 49.4 Å². The smallest absolute Gasteiger partial charge is 0.256 e. The van der Waals surface area contributed by atoms with E-state index in [1.165, 1.54) is 11.8 Å². The monoisotopic (exact) mass is 380 g/mol. The number of amides is 2. The molecule has 2 amide bonds. The van der Waals surface area contributed by atoms with Gasteiger partial charge < -0.3 is 15.1 Å². The minimum absolute atomic E-state index is 0.120. The Morgan fingerprint density at radius 3 is 2.52 bits per heavy atom. The number of nitrogens with one attached hydrogen (secondary N) is 2. The molecule has 3 aromatic rings. The minimum Gasteiger partial charge on any atom is -0.467 e. The third-order valence-electron chi connectivity index (χ3n) is 3.84. The molecule has 0 saturated carbocycles. The van der Waals surface area contributed by atoms with Gasteiger partial charge in [0.05, 0.1) is 24.1 Å². The van der Waals surface area contributed by atoms with Crippen LogP contribution in [0.25, 0.3) is 0 Å². The number of anilines is 1. The lowest BCUT2D eigenvalue weighted by molar-refractivity contribution is -0.118. The topological polar surface area (TPSA) is 71.3 Å². The molecule has 27 heavy (non-hydrogen) atoms. The predicted octanol–water partition coefficient (Wildman–Crippen LogP) is 4.25. The fourth-order valence-electron chi connectivity index (χ4n) is 2.41. The van der Waals surface area contributed by atoms with E-state index in [-0.39, 0.29) is 17.6 Å². The Kier molecular flexibility index (Phi) is 6.33. The number of furan rings is 1. The molecule has 1 heterocycles. The summed E-state index contributed by atoms with van der Waals surface area (Å²) in [4.78, 5) is 25.4. The molecule has 0 aliphatic heterocycles. The largest absolute Gasteiger partial charge is 0.467 e. The van der Waals surface area contributed by atoms with Crippen LogP contribution in [0.5, 0.6) is 0 Å². The normalized spacial score (nSPS) is 10.4. The molecular formula is C21H20N2O3S. The van der Waals surface area contributed by atoms with Crippen molar-refractivity contribution in [1.29, 1.82) is 0 Å². The predicted molar refractivity (Wildman–Crippen MR) is 107 cm³/mol. The number of carbonyl (C=O) groups is 2. The van der Waals surface area contributed by atoms with Gasteiger partial charge in [-0.1, -0.05) is 29.8 Å². The van der Waals surface area contributed by atoms with E-state index in [1.54, 1.807) is 24.5 Å². The zero-order valence-corrected chi connectivity index (χ0v) is 15.7. The van der Waals surface area contributed by atoms with Crippen LogP contribution in [0.1, 0.15) is 21.7 Å². The summed E-state index contributed by atoms with van der Waals surface area (Å²) in [5, 5.41) is 5.69. The number of hydrogen-bond donors (Lipinski definition) is 2. The molecule has 5 nitrogen and oxygen atoms in total. The van der Waals surface area contributed by atoms with Crippen molar-refractivity contribution >= 4 is 29.3 Å². The summed E-state index contributed by atoms with van der Waals surface area (Å²) in [5.74, 6) is 0.601. The van der Waals surface area contributed by atoms with E-state index in [0.29, 0.717) is 17.9 Å². The van der Waals surface area contributed by atoms with E-state index in [9.17, 15) is 9.59 Å². The van der Waals surface area contributed by atoms with Crippen LogP contribution in [0.3, 0.4) is 0 Å². The minimum atomic E-state index is -0.196. The van der Waals surface area contributed by atoms with Crippen LogP contribution in [0, 0.1) is 6.92 Å². The van der Waals surface area contributed by atoms with Crippen molar-refractivity contribution in [3.63, 3.8) is 0 Å². The highest BCUT2D eigenvalue weighted by Gasteiger charge is 2.13. The van der Waals surface area contributed by atoms with Crippen molar-refractivity contribution in [2.45, 2.75) is 18.4 Å². The number of hydrogen-bond acceptors (Lipinski definition) is 4. The van der Waals surface area contributed by atoms with Crippen LogP contribution in [0.15, 0.2) is 76.2 Å². The first kappa shape index (κ1) is 18.8. The van der Waals surface area contributed by atoms with Crippen LogP contribution in [0.4, 0.5) is 5.69 Å². The Balaban J connectivity index is 1.58. The summed E-state index contributed by atoms with van der Waals surface area (Å²) in [6, 6.07) is 18.5. The molecule has 6 heteroatoms. The average molecular weight is 380 g/mol. The molecule has 0 radical (unpaired) electrons. The van der Waals surface area contributed by atoms with Gasteiger partial charge in [0.1, 0.15) is 5.76 Å². The summed E-state index contributed by atoms with van der Waals surface area (Å²) in [6.45, 7) is 2.34. The molecule has 2 aromatic carbocycles. The number of aryl methyl sites for hydroxylation is 1. The lowest BCUT2D eigenvalue weighted by Gasteiger charge is -2.10. The van der Waals surface area contributed by atoms with Gasteiger partial charge in [-0.15, -0.1) is 11.8 Å². The highest BCUT2D eigenvalue weighted by molar-refractivity contribution is 8.00. The van der Waals surface area contributed by atoms with Gasteiger partial charge in [-0.25, -0.2) is 0 Å². The molecule has 138 valence electrons. The van der Waals surface area contributed by atoms with Crippen molar-refractivity contribution in [2.75, 3.05) is 11.1 Å². The Labute approximate surface area is 162 Å². The SMILES string of the molecule is Cc1ccc(NC(=O)c2ccccc2SCC(=O)NCc2ccco2)cc1. The lowest BCUT2D eigenvalue weighted by Crippen LogP contribution is -2.24. The zero-order valence-electron chi connectivity index (χ0n) is 14.9. The quantitative estimate of drug-likeness (QED) is 0.601. The van der Waals surface area contributed by atoms with Gasteiger partial charge in [-0.05, 0) is 43.3 Å². The number of carbonyl (C=O) groups excluding carboxylic acids is 2. The Bertz CT molecular complexity index is 905. The second kappa shape index (κ2) is 9.09. The van der Waals surface area contributed by atoms with Gasteiger partial charge >= 0.3 is 0 Å². The molecular weight excluding hydrogens is 360 g/mol. The second-order valence-corrected chi connectivity index (χ2v) is 6.98. The fraction of sp³-hybridized carbons (Fsp3) is 0.143. The molecule has 0 unspecified atom stereocenters. The Morgan fingerprint density at radius 2 is 1.78 bits per heavy atom. The van der Waals surface area contributed by atoms with Crippen molar-refractivity contribution in [1.82, 2.24) is 5.32 Å². The molecule has 0 aliphatic carbocycles. The molecule has 0 saturated heterocycles. The first-order valence-electron chi connectivity index (χ1n) is 8.51. The molecule has 0 aliphatic rings. The van der Waals surface area contributed by atoms with Gasteiger partial charge in [-0.2, -0.15) is 0 Å². The molecule has 2 N–H and O–H groups in total. The third kappa shape index (κ3) is 5.49. The van der Waals surface area contributed by atoms with Gasteiger partial charge in [0.25, 0.3) is 5.91 Å². The van der Waals surface area contributed by atoms with Crippen molar-refractivity contribution in [3.8, 4) is 0 Å². The van der Waals surface area contributed by atoms with Gasteiger partial charge in [0.2, 0.25) is 5.91 Å². The molecule has 0 atom stereocenters. The highest BCUT2D eigenvalue weighted by Crippen LogP contribution is 2.23. The number of benzene rings is 2. The van der Waals surface area contributed by atoms with E-state index in [4.69, 9.17) is 4.42 Å². The van der Waals surface area contributed by atoms with E-state index in [0.717, 1.165) is 16.1 Å². The summed E-state index contributed by atoms with van der Waals surface area (Å²) in [7, 11) is 0. The standard InChI is InChI=1S/C21H20N2O3S/c1-15-8-10-16(11-9-15)23-21(25)18-6-2-3-7-19(18)27-14-20(24)22-13-17-5-4-12-26-17/h2-12H,13-14H2,1H3,(H,22,24)(H,23,25). The first-order valence-corrected chi connectivity index (χ1v) is 9.49. The van der Waals surface area contributed by atoms with Gasteiger partial charge in [-0.3, -0.25) is 9.59 Å². The maximum absolute atomic E-state index is 12.6. The Morgan fingerprint density at radius 1 is 1.00 bits per heavy atom. The van der Waals surface area contributed by atoms with Crippen LogP contribution >= 0.6 is 11.8 Å². The maximum Gasteiger partial charge on any atom is 0.256 e. The zero-order chi connectivity index (χ0) is 19.1. The van der Waals surface area contributed by atoms with E-state index >= 15 is 0 Å². The summed E-state index contributed by atoms with van der Waals surface area (Å²) in [6.07, 6.45) is 1.57. The van der Waals surface area contributed by atoms with Crippen LogP contribution < -0.4 is 10.6 Å². The fourth-order valence-corrected chi connectivity index (χ4v) is 3.29. The number of thioether (sulfide) groups is 1. The summed E-state index contributed by atoms with van der Waals surface area (Å²) >= 11 is 1.33. The van der Waals surface area contributed by atoms with Crippen LogP contribution in [-0.4, -0.2) is 17.6 Å². The molecule has 0 spiro atoms. The van der Waals surface area contributed by atoms with Gasteiger partial charge in [0.15, 0.2) is 0 Å². The summed E-state index contributed by atoms with van der Waals surface area (Å²) < 4.78 is 5.19. The molecule has 0 fully saturated rings. The highest BCUT2D eigenvalue weighted by atomic mass is 32.2. The van der Waals surface area contributed by atoms with Gasteiger partial charge in [0, 0.05) is 10.6 Å². The molecule has 3 rings (SSSR count). The Hall–Kier alpha value is -2.99. The second-order valence-electron chi connectivity index (χ2n) is 5.96. The van der Waals surface area contributed by atoms with Crippen molar-refractivity contribution in [3.05, 3.63) is 83.8 Å². The first-order chi connectivity index (χ1) is 13.1. The van der Waals surface area contributed by atoms with Crippen LogP contribution in [-0.2, 0) is 11.3 Å². The van der Waals surface area contributed by atoms with Crippen molar-refractivity contribution < 1.29 is 14.0 Å². The lowest BCUT2D eigenvalue weighted by atomic mass is 10.2. The molecule has 0 bridgehead atoms. The molecule has 1 aromatic heterocycles. The average Bonchev–Trinajstić information content (AvgIpc) is 3.20. The third-order valence-corrected chi connectivity index (χ3v) is 4.91. The van der Waals surface area contributed by atoms with Crippen molar-refractivity contribution in [2.24, 2.45) is 0 Å². The maximum atomic E-state index is 12.6. The number of rotatable bonds is 7. The van der Waals surface area contributed by atoms with E-state index < -0.39 is 0 Å².